The predicted molar refractivity (Wildman–Crippen MR) is 92.8 cm³/mol. The quantitative estimate of drug-likeness (QED) is 0.917. The van der Waals surface area contributed by atoms with E-state index in [9.17, 15) is 4.79 Å². The Morgan fingerprint density at radius 1 is 1.17 bits per heavy atom. The van der Waals surface area contributed by atoms with Gasteiger partial charge in [-0.15, -0.1) is 0 Å². The fourth-order valence-electron chi connectivity index (χ4n) is 2.75. The molecule has 3 rings (SSSR count). The van der Waals surface area contributed by atoms with Gasteiger partial charge in [-0.3, -0.25) is 9.78 Å². The summed E-state index contributed by atoms with van der Waals surface area (Å²) in [6.45, 7) is 7.26. The summed E-state index contributed by atoms with van der Waals surface area (Å²) in [4.78, 5) is 28.5. The molecule has 0 saturated carbocycles. The van der Waals surface area contributed by atoms with E-state index in [1.807, 2.05) is 30.0 Å². The molecular formula is C17H22N6O. The average molecular weight is 326 g/mol. The highest BCUT2D eigenvalue weighted by molar-refractivity contribution is 5.73. The molecule has 0 spiro atoms. The van der Waals surface area contributed by atoms with Crippen molar-refractivity contribution >= 4 is 17.5 Å². The zero-order valence-corrected chi connectivity index (χ0v) is 14.1. The summed E-state index contributed by atoms with van der Waals surface area (Å²) in [5, 5.41) is 3.34. The smallest absolute Gasteiger partial charge is 0.219 e. The van der Waals surface area contributed by atoms with Gasteiger partial charge >= 0.3 is 0 Å². The van der Waals surface area contributed by atoms with Crippen LogP contribution >= 0.6 is 0 Å². The van der Waals surface area contributed by atoms with Crippen molar-refractivity contribution in [3.63, 3.8) is 0 Å². The van der Waals surface area contributed by atoms with Gasteiger partial charge in [0.25, 0.3) is 0 Å². The standard InChI is InChI=1S/C17H22N6O/c1-13-20-16(19-12-15-3-5-18-6-4-15)11-17(21-13)23-9-7-22(8-10-23)14(2)24/h3-6,11H,7-10,12H2,1-2H3,(H,19,20,21). The van der Waals surface area contributed by atoms with E-state index in [-0.39, 0.29) is 5.91 Å². The maximum atomic E-state index is 11.4. The molecule has 1 aliphatic rings. The van der Waals surface area contributed by atoms with Crippen molar-refractivity contribution < 1.29 is 4.79 Å². The molecule has 1 fully saturated rings. The lowest BCUT2D eigenvalue weighted by molar-refractivity contribution is -0.129. The molecule has 0 aliphatic carbocycles. The molecule has 1 aliphatic heterocycles. The van der Waals surface area contributed by atoms with Crippen LogP contribution in [-0.4, -0.2) is 51.9 Å². The van der Waals surface area contributed by atoms with Crippen LogP contribution in [0, 0.1) is 6.92 Å². The Morgan fingerprint density at radius 3 is 2.54 bits per heavy atom. The molecule has 2 aromatic rings. The Balaban J connectivity index is 1.67. The number of rotatable bonds is 4. The average Bonchev–Trinajstić information content (AvgIpc) is 2.60. The summed E-state index contributed by atoms with van der Waals surface area (Å²) in [6.07, 6.45) is 3.56. The molecule has 3 heterocycles. The number of carbonyl (C=O) groups excluding carboxylic acids is 1. The van der Waals surface area contributed by atoms with Crippen molar-refractivity contribution in [2.24, 2.45) is 0 Å². The Morgan fingerprint density at radius 2 is 1.88 bits per heavy atom. The van der Waals surface area contributed by atoms with E-state index < -0.39 is 0 Å². The van der Waals surface area contributed by atoms with Crippen molar-refractivity contribution in [3.8, 4) is 0 Å². The highest BCUT2D eigenvalue weighted by Gasteiger charge is 2.20. The van der Waals surface area contributed by atoms with E-state index >= 15 is 0 Å². The highest BCUT2D eigenvalue weighted by Crippen LogP contribution is 2.18. The number of amides is 1. The minimum atomic E-state index is 0.133. The van der Waals surface area contributed by atoms with Gasteiger partial charge in [0.2, 0.25) is 5.91 Å². The van der Waals surface area contributed by atoms with Gasteiger partial charge in [-0.05, 0) is 24.6 Å². The lowest BCUT2D eigenvalue weighted by Crippen LogP contribution is -2.48. The van der Waals surface area contributed by atoms with Crippen molar-refractivity contribution in [1.82, 2.24) is 19.9 Å². The molecule has 1 amide bonds. The van der Waals surface area contributed by atoms with Crippen molar-refractivity contribution in [2.75, 3.05) is 36.4 Å². The van der Waals surface area contributed by atoms with Crippen LogP contribution in [0.4, 0.5) is 11.6 Å². The molecule has 1 saturated heterocycles. The highest BCUT2D eigenvalue weighted by atomic mass is 16.2. The third-order valence-electron chi connectivity index (χ3n) is 4.10. The second-order valence-corrected chi connectivity index (χ2v) is 5.86. The van der Waals surface area contributed by atoms with Crippen molar-refractivity contribution in [2.45, 2.75) is 20.4 Å². The van der Waals surface area contributed by atoms with E-state index in [0.29, 0.717) is 6.54 Å². The molecule has 7 heteroatoms. The number of nitrogens with zero attached hydrogens (tertiary/aromatic N) is 5. The summed E-state index contributed by atoms with van der Waals surface area (Å²) in [6, 6.07) is 5.92. The van der Waals surface area contributed by atoms with Crippen LogP contribution in [0.1, 0.15) is 18.3 Å². The van der Waals surface area contributed by atoms with Crippen LogP contribution in [0.5, 0.6) is 0 Å². The Bertz CT molecular complexity index is 697. The van der Waals surface area contributed by atoms with Crippen molar-refractivity contribution in [3.05, 3.63) is 42.0 Å². The second-order valence-electron chi connectivity index (χ2n) is 5.86. The van der Waals surface area contributed by atoms with Gasteiger partial charge in [0.1, 0.15) is 17.5 Å². The lowest BCUT2D eigenvalue weighted by atomic mass is 10.2. The van der Waals surface area contributed by atoms with Crippen LogP contribution in [0.25, 0.3) is 0 Å². The third-order valence-corrected chi connectivity index (χ3v) is 4.10. The van der Waals surface area contributed by atoms with Gasteiger partial charge in [-0.25, -0.2) is 9.97 Å². The molecule has 0 atom stereocenters. The summed E-state index contributed by atoms with van der Waals surface area (Å²) in [7, 11) is 0. The number of carbonyl (C=O) groups is 1. The molecule has 7 nitrogen and oxygen atoms in total. The minimum absolute atomic E-state index is 0.133. The first-order valence-electron chi connectivity index (χ1n) is 8.11. The largest absolute Gasteiger partial charge is 0.366 e. The second kappa shape index (κ2) is 7.25. The molecule has 0 unspecified atom stereocenters. The predicted octanol–water partition coefficient (Wildman–Crippen LogP) is 1.46. The molecule has 24 heavy (non-hydrogen) atoms. The van der Waals surface area contributed by atoms with E-state index in [1.54, 1.807) is 19.3 Å². The SMILES string of the molecule is CC(=O)N1CCN(c2cc(NCc3ccncc3)nc(C)n2)CC1. The lowest BCUT2D eigenvalue weighted by Gasteiger charge is -2.35. The number of hydrogen-bond acceptors (Lipinski definition) is 6. The van der Waals surface area contributed by atoms with E-state index in [2.05, 4.69) is 25.2 Å². The van der Waals surface area contributed by atoms with Crippen LogP contribution < -0.4 is 10.2 Å². The number of anilines is 2. The fraction of sp³-hybridized carbons (Fsp3) is 0.412. The van der Waals surface area contributed by atoms with Gasteiger partial charge in [0.05, 0.1) is 0 Å². The minimum Gasteiger partial charge on any atom is -0.366 e. The fourth-order valence-corrected chi connectivity index (χ4v) is 2.75. The maximum absolute atomic E-state index is 11.4. The van der Waals surface area contributed by atoms with E-state index in [4.69, 9.17) is 0 Å². The Hall–Kier alpha value is -2.70. The molecule has 0 bridgehead atoms. The number of hydrogen-bond donors (Lipinski definition) is 1. The van der Waals surface area contributed by atoms with Crippen LogP contribution in [-0.2, 0) is 11.3 Å². The normalized spacial score (nSPS) is 14.6. The van der Waals surface area contributed by atoms with Crippen LogP contribution in [0.15, 0.2) is 30.6 Å². The molecule has 1 N–H and O–H groups in total. The Labute approximate surface area is 141 Å². The zero-order valence-electron chi connectivity index (χ0n) is 14.1. The van der Waals surface area contributed by atoms with Gasteiger partial charge < -0.3 is 15.1 Å². The molecular weight excluding hydrogens is 304 g/mol. The summed E-state index contributed by atoms with van der Waals surface area (Å²) in [5.41, 5.74) is 1.15. The van der Waals surface area contributed by atoms with Gasteiger partial charge in [-0.2, -0.15) is 0 Å². The van der Waals surface area contributed by atoms with Gasteiger partial charge in [0.15, 0.2) is 0 Å². The van der Waals surface area contributed by atoms with Crippen LogP contribution in [0.3, 0.4) is 0 Å². The van der Waals surface area contributed by atoms with Crippen molar-refractivity contribution in [1.29, 1.82) is 0 Å². The monoisotopic (exact) mass is 326 g/mol. The van der Waals surface area contributed by atoms with Gasteiger partial charge in [-0.1, -0.05) is 0 Å². The Kier molecular flexibility index (Phi) is 4.88. The molecule has 0 radical (unpaired) electrons. The van der Waals surface area contributed by atoms with E-state index in [1.165, 1.54) is 0 Å². The summed E-state index contributed by atoms with van der Waals surface area (Å²) < 4.78 is 0. The number of aryl methyl sites for hydroxylation is 1. The molecule has 126 valence electrons. The number of piperazine rings is 1. The number of aromatic nitrogens is 3. The third kappa shape index (κ3) is 3.98. The summed E-state index contributed by atoms with van der Waals surface area (Å²) in [5.74, 6) is 2.58. The molecule has 0 aromatic carbocycles. The zero-order chi connectivity index (χ0) is 16.9. The van der Waals surface area contributed by atoms with Crippen LogP contribution in [0.2, 0.25) is 0 Å². The van der Waals surface area contributed by atoms with Gasteiger partial charge in [0, 0.05) is 58.1 Å². The number of nitrogens with one attached hydrogen (secondary N) is 1. The summed E-state index contributed by atoms with van der Waals surface area (Å²) >= 11 is 0. The maximum Gasteiger partial charge on any atom is 0.219 e. The topological polar surface area (TPSA) is 74.2 Å². The molecule has 2 aromatic heterocycles. The first-order chi connectivity index (χ1) is 11.6. The first-order valence-corrected chi connectivity index (χ1v) is 8.11. The first kappa shape index (κ1) is 16.2. The van der Waals surface area contributed by atoms with E-state index in [0.717, 1.165) is 49.2 Å². The number of pyridine rings is 1.